The number of alkyl halides is 3. The van der Waals surface area contributed by atoms with E-state index in [-0.39, 0.29) is 24.6 Å². The summed E-state index contributed by atoms with van der Waals surface area (Å²) in [6, 6.07) is 5.20. The predicted molar refractivity (Wildman–Crippen MR) is 61.8 cm³/mol. The Kier molecular flexibility index (Phi) is 5.15. The van der Waals surface area contributed by atoms with Crippen molar-refractivity contribution in [1.29, 1.82) is 0 Å². The number of carbonyl (C=O) groups excluding carboxylic acids is 1. The van der Waals surface area contributed by atoms with Crippen LogP contribution in [0.3, 0.4) is 0 Å². The summed E-state index contributed by atoms with van der Waals surface area (Å²) < 4.78 is 38.0. The van der Waals surface area contributed by atoms with E-state index in [1.807, 2.05) is 6.92 Å². The van der Waals surface area contributed by atoms with Crippen molar-refractivity contribution in [1.82, 2.24) is 10.6 Å². The maximum atomic E-state index is 12.7. The minimum absolute atomic E-state index is 0.0647. The van der Waals surface area contributed by atoms with Gasteiger partial charge in [-0.15, -0.1) is 0 Å². The van der Waals surface area contributed by atoms with Crippen LogP contribution < -0.4 is 10.6 Å². The van der Waals surface area contributed by atoms with Gasteiger partial charge in [-0.3, -0.25) is 4.79 Å². The maximum absolute atomic E-state index is 12.7. The van der Waals surface area contributed by atoms with Gasteiger partial charge in [-0.05, 0) is 18.2 Å². The fourth-order valence-electron chi connectivity index (χ4n) is 1.45. The first kappa shape index (κ1) is 14.5. The lowest BCUT2D eigenvalue weighted by atomic mass is 10.1. The summed E-state index contributed by atoms with van der Waals surface area (Å²) in [6.07, 6.45) is -4.40. The van der Waals surface area contributed by atoms with Crippen LogP contribution in [0.15, 0.2) is 24.3 Å². The predicted octanol–water partition coefficient (Wildman–Crippen LogP) is 1.93. The summed E-state index contributed by atoms with van der Waals surface area (Å²) in [5.41, 5.74) is -0.649. The third kappa shape index (κ3) is 4.37. The lowest BCUT2D eigenvalue weighted by Crippen LogP contribution is -2.33. The molecule has 0 aromatic heterocycles. The second kappa shape index (κ2) is 6.39. The van der Waals surface area contributed by atoms with Gasteiger partial charge in [0.2, 0.25) is 5.91 Å². The molecule has 0 aliphatic rings. The zero-order valence-electron chi connectivity index (χ0n) is 9.97. The number of hydrogen-bond donors (Lipinski definition) is 2. The van der Waals surface area contributed by atoms with E-state index in [4.69, 9.17) is 0 Å². The van der Waals surface area contributed by atoms with E-state index < -0.39 is 11.7 Å². The van der Waals surface area contributed by atoms with Crippen molar-refractivity contribution in [3.8, 4) is 0 Å². The Labute approximate surface area is 103 Å². The molecule has 1 rings (SSSR count). The van der Waals surface area contributed by atoms with E-state index in [0.717, 1.165) is 6.07 Å². The van der Waals surface area contributed by atoms with Gasteiger partial charge in [0.25, 0.3) is 0 Å². The van der Waals surface area contributed by atoms with E-state index >= 15 is 0 Å². The Bertz CT molecular complexity index is 405. The van der Waals surface area contributed by atoms with Crippen LogP contribution in [0.25, 0.3) is 0 Å². The third-order valence-corrected chi connectivity index (χ3v) is 2.33. The van der Waals surface area contributed by atoms with E-state index in [9.17, 15) is 18.0 Å². The topological polar surface area (TPSA) is 41.1 Å². The molecule has 0 radical (unpaired) electrons. The third-order valence-electron chi connectivity index (χ3n) is 2.33. The Morgan fingerprint density at radius 2 is 1.94 bits per heavy atom. The van der Waals surface area contributed by atoms with Crippen molar-refractivity contribution in [2.75, 3.05) is 13.1 Å². The van der Waals surface area contributed by atoms with Crippen LogP contribution in [-0.2, 0) is 17.5 Å². The molecule has 6 heteroatoms. The molecule has 2 N–H and O–H groups in total. The standard InChI is InChI=1S/C12H15F3N2O/c1-2-16-8-11(18)17-7-9-5-3-4-6-10(9)12(13,14)15/h3-6,16H,2,7-8H2,1H3,(H,17,18). The van der Waals surface area contributed by atoms with Gasteiger partial charge in [0.1, 0.15) is 0 Å². The SMILES string of the molecule is CCNCC(=O)NCc1ccccc1C(F)(F)F. The number of hydrogen-bond acceptors (Lipinski definition) is 2. The van der Waals surface area contributed by atoms with Gasteiger partial charge in [-0.2, -0.15) is 13.2 Å². The normalized spacial score (nSPS) is 11.3. The summed E-state index contributed by atoms with van der Waals surface area (Å²) in [4.78, 5) is 11.3. The van der Waals surface area contributed by atoms with E-state index in [1.54, 1.807) is 0 Å². The molecule has 0 saturated heterocycles. The number of halogens is 3. The van der Waals surface area contributed by atoms with Crippen molar-refractivity contribution in [3.05, 3.63) is 35.4 Å². The van der Waals surface area contributed by atoms with Gasteiger partial charge >= 0.3 is 6.18 Å². The zero-order valence-corrected chi connectivity index (χ0v) is 9.97. The molecular weight excluding hydrogens is 245 g/mol. The average Bonchev–Trinajstić information content (AvgIpc) is 2.33. The molecule has 1 amide bonds. The number of carbonyl (C=O) groups is 1. The number of amides is 1. The molecule has 0 saturated carbocycles. The lowest BCUT2D eigenvalue weighted by Gasteiger charge is -2.13. The highest BCUT2D eigenvalue weighted by Gasteiger charge is 2.32. The lowest BCUT2D eigenvalue weighted by molar-refractivity contribution is -0.138. The van der Waals surface area contributed by atoms with Crippen LogP contribution in [0.1, 0.15) is 18.1 Å². The van der Waals surface area contributed by atoms with Gasteiger partial charge in [0.15, 0.2) is 0 Å². The van der Waals surface area contributed by atoms with Crippen LogP contribution in [0.4, 0.5) is 13.2 Å². The quantitative estimate of drug-likeness (QED) is 0.849. The monoisotopic (exact) mass is 260 g/mol. The zero-order chi connectivity index (χ0) is 13.6. The molecule has 0 bridgehead atoms. The molecule has 0 spiro atoms. The number of likely N-dealkylation sites (N-methyl/N-ethyl adjacent to an activating group) is 1. The number of benzene rings is 1. The van der Waals surface area contributed by atoms with Crippen LogP contribution in [0.5, 0.6) is 0 Å². The molecule has 18 heavy (non-hydrogen) atoms. The van der Waals surface area contributed by atoms with Crippen LogP contribution in [0, 0.1) is 0 Å². The smallest absolute Gasteiger partial charge is 0.351 e. The Morgan fingerprint density at radius 3 is 2.56 bits per heavy atom. The van der Waals surface area contributed by atoms with Gasteiger partial charge in [0.05, 0.1) is 12.1 Å². The van der Waals surface area contributed by atoms with Crippen molar-refractivity contribution < 1.29 is 18.0 Å². The number of nitrogens with one attached hydrogen (secondary N) is 2. The summed E-state index contributed by atoms with van der Waals surface area (Å²) in [5.74, 6) is -0.325. The van der Waals surface area contributed by atoms with Crippen LogP contribution in [-0.4, -0.2) is 19.0 Å². The summed E-state index contributed by atoms with van der Waals surface area (Å²) in [5, 5.41) is 5.24. The van der Waals surface area contributed by atoms with Gasteiger partial charge in [-0.25, -0.2) is 0 Å². The van der Waals surface area contributed by atoms with Crippen molar-refractivity contribution in [3.63, 3.8) is 0 Å². The summed E-state index contributed by atoms with van der Waals surface area (Å²) in [6.45, 7) is 2.45. The molecule has 100 valence electrons. The summed E-state index contributed by atoms with van der Waals surface area (Å²) >= 11 is 0. The highest BCUT2D eigenvalue weighted by Crippen LogP contribution is 2.31. The molecular formula is C12H15F3N2O. The van der Waals surface area contributed by atoms with E-state index in [1.165, 1.54) is 18.2 Å². The molecule has 0 atom stereocenters. The molecule has 0 unspecified atom stereocenters. The second-order valence-corrected chi connectivity index (χ2v) is 3.71. The van der Waals surface area contributed by atoms with Gasteiger partial charge in [0, 0.05) is 6.54 Å². The Balaban J connectivity index is 2.65. The fraction of sp³-hybridized carbons (Fsp3) is 0.417. The highest BCUT2D eigenvalue weighted by molar-refractivity contribution is 5.78. The summed E-state index contributed by atoms with van der Waals surface area (Å²) in [7, 11) is 0. The highest BCUT2D eigenvalue weighted by atomic mass is 19.4. The first-order valence-corrected chi connectivity index (χ1v) is 5.57. The van der Waals surface area contributed by atoms with Gasteiger partial charge in [-0.1, -0.05) is 25.1 Å². The molecule has 0 fully saturated rings. The molecule has 0 aliphatic carbocycles. The van der Waals surface area contributed by atoms with Crippen molar-refractivity contribution in [2.45, 2.75) is 19.6 Å². The largest absolute Gasteiger partial charge is 0.416 e. The van der Waals surface area contributed by atoms with Crippen LogP contribution in [0.2, 0.25) is 0 Å². The fourth-order valence-corrected chi connectivity index (χ4v) is 1.45. The second-order valence-electron chi connectivity index (χ2n) is 3.71. The first-order valence-electron chi connectivity index (χ1n) is 5.57. The molecule has 1 aromatic rings. The maximum Gasteiger partial charge on any atom is 0.416 e. The van der Waals surface area contributed by atoms with E-state index in [2.05, 4.69) is 10.6 Å². The first-order chi connectivity index (χ1) is 8.45. The van der Waals surface area contributed by atoms with Crippen molar-refractivity contribution >= 4 is 5.91 Å². The number of rotatable bonds is 5. The van der Waals surface area contributed by atoms with Crippen molar-refractivity contribution in [2.24, 2.45) is 0 Å². The Hall–Kier alpha value is -1.56. The minimum Gasteiger partial charge on any atom is -0.351 e. The Morgan fingerprint density at radius 1 is 1.28 bits per heavy atom. The minimum atomic E-state index is -4.40. The molecule has 1 aromatic carbocycles. The molecule has 0 heterocycles. The molecule has 3 nitrogen and oxygen atoms in total. The average molecular weight is 260 g/mol. The van der Waals surface area contributed by atoms with Crippen LogP contribution >= 0.6 is 0 Å². The van der Waals surface area contributed by atoms with E-state index in [0.29, 0.717) is 6.54 Å². The molecule has 0 aliphatic heterocycles. The van der Waals surface area contributed by atoms with Gasteiger partial charge < -0.3 is 10.6 Å².